The van der Waals surface area contributed by atoms with Gasteiger partial charge in [-0.3, -0.25) is 14.8 Å². The minimum atomic E-state index is 0.00166. The van der Waals surface area contributed by atoms with Gasteiger partial charge in [0.25, 0.3) is 0 Å². The van der Waals surface area contributed by atoms with Crippen LogP contribution in [0.15, 0.2) is 97.3 Å². The number of pyridine rings is 2. The summed E-state index contributed by atoms with van der Waals surface area (Å²) in [5, 5.41) is 6.87. The second-order valence-electron chi connectivity index (χ2n) is 8.23. The fraction of sp³-hybridized carbons (Fsp3) is 0.207. The Hall–Kier alpha value is -3.67. The Morgan fingerprint density at radius 2 is 1.06 bits per heavy atom. The van der Waals surface area contributed by atoms with Gasteiger partial charge in [-0.05, 0) is 35.4 Å². The molecule has 0 unspecified atom stereocenters. The smallest absolute Gasteiger partial charge is 0.193 e. The maximum Gasteiger partial charge on any atom is 0.193 e. The van der Waals surface area contributed by atoms with Crippen LogP contribution in [0.1, 0.15) is 38.4 Å². The zero-order chi connectivity index (χ0) is 23.4. The second kappa shape index (κ2) is 12.5. The molecule has 0 atom stereocenters. The predicted molar refractivity (Wildman–Crippen MR) is 136 cm³/mol. The van der Waals surface area contributed by atoms with Crippen molar-refractivity contribution in [2.75, 3.05) is 13.1 Å². The Morgan fingerprint density at radius 1 is 0.618 bits per heavy atom. The molecule has 0 aliphatic carbocycles. The number of nitrogens with one attached hydrogen (secondary N) is 2. The van der Waals surface area contributed by atoms with Crippen LogP contribution >= 0.6 is 0 Å². The molecule has 4 aromatic rings. The molecule has 5 heteroatoms. The molecule has 2 aromatic carbocycles. The van der Waals surface area contributed by atoms with E-state index in [2.05, 4.69) is 44.9 Å². The highest BCUT2D eigenvalue weighted by atomic mass is 16.1. The van der Waals surface area contributed by atoms with Gasteiger partial charge >= 0.3 is 0 Å². The van der Waals surface area contributed by atoms with Gasteiger partial charge in [0.15, 0.2) is 5.78 Å². The SMILES string of the molecule is O=C(c1ccnc(CCNCc2ccccc2)c1)c1ccnc(CCNCc2ccccc2)c1. The topological polar surface area (TPSA) is 66.9 Å². The minimum Gasteiger partial charge on any atom is -0.312 e. The second-order valence-corrected chi connectivity index (χ2v) is 8.23. The van der Waals surface area contributed by atoms with Gasteiger partial charge in [0.2, 0.25) is 0 Å². The van der Waals surface area contributed by atoms with Crippen molar-refractivity contribution >= 4 is 5.78 Å². The number of aromatic nitrogens is 2. The predicted octanol–water partition coefficient (Wildman–Crippen LogP) is 4.37. The number of hydrogen-bond donors (Lipinski definition) is 2. The van der Waals surface area contributed by atoms with Crippen LogP contribution < -0.4 is 10.6 Å². The lowest BCUT2D eigenvalue weighted by atomic mass is 10.0. The Morgan fingerprint density at radius 3 is 1.50 bits per heavy atom. The first-order valence-electron chi connectivity index (χ1n) is 11.7. The number of rotatable bonds is 12. The summed E-state index contributed by atoms with van der Waals surface area (Å²) in [6.45, 7) is 3.24. The molecule has 0 amide bonds. The van der Waals surface area contributed by atoms with Crippen LogP contribution in [-0.2, 0) is 25.9 Å². The van der Waals surface area contributed by atoms with Crippen LogP contribution in [0, 0.1) is 0 Å². The standard InChI is InChI=1S/C29H30N4O/c34-29(25-11-17-32-27(19-25)13-15-30-21-23-7-3-1-4-8-23)26-12-18-33-28(20-26)14-16-31-22-24-9-5-2-6-10-24/h1-12,17-20,30-31H,13-16,21-22H2. The molecule has 0 fully saturated rings. The summed E-state index contributed by atoms with van der Waals surface area (Å²) in [4.78, 5) is 22.0. The fourth-order valence-electron chi connectivity index (χ4n) is 3.77. The Labute approximate surface area is 201 Å². The third-order valence-electron chi connectivity index (χ3n) is 5.62. The van der Waals surface area contributed by atoms with Crippen molar-refractivity contribution in [1.29, 1.82) is 0 Å². The van der Waals surface area contributed by atoms with Gasteiger partial charge in [0, 0.05) is 73.9 Å². The van der Waals surface area contributed by atoms with E-state index in [1.807, 2.05) is 48.5 Å². The van der Waals surface area contributed by atoms with Gasteiger partial charge in [0.1, 0.15) is 0 Å². The summed E-state index contributed by atoms with van der Waals surface area (Å²) < 4.78 is 0. The van der Waals surface area contributed by atoms with E-state index >= 15 is 0 Å². The van der Waals surface area contributed by atoms with Crippen molar-refractivity contribution < 1.29 is 4.79 Å². The van der Waals surface area contributed by atoms with E-state index in [1.165, 1.54) is 11.1 Å². The van der Waals surface area contributed by atoms with Gasteiger partial charge in [-0.15, -0.1) is 0 Å². The third-order valence-corrected chi connectivity index (χ3v) is 5.62. The van der Waals surface area contributed by atoms with Crippen LogP contribution in [0.5, 0.6) is 0 Å². The maximum atomic E-state index is 13.1. The number of hydrogen-bond acceptors (Lipinski definition) is 5. The normalized spacial score (nSPS) is 10.8. The highest BCUT2D eigenvalue weighted by molar-refractivity contribution is 6.09. The average molecular weight is 451 g/mol. The summed E-state index contributed by atoms with van der Waals surface area (Å²) in [5.41, 5.74) is 5.64. The Bertz CT molecular complexity index is 1090. The van der Waals surface area contributed by atoms with Gasteiger partial charge in [-0.25, -0.2) is 0 Å². The molecule has 0 aliphatic heterocycles. The van der Waals surface area contributed by atoms with Gasteiger partial charge in [0.05, 0.1) is 0 Å². The van der Waals surface area contributed by atoms with Crippen molar-refractivity contribution in [2.24, 2.45) is 0 Å². The first-order chi connectivity index (χ1) is 16.8. The number of carbonyl (C=O) groups excluding carboxylic acids is 1. The van der Waals surface area contributed by atoms with Crippen LogP contribution in [-0.4, -0.2) is 28.8 Å². The largest absolute Gasteiger partial charge is 0.312 e. The molecule has 0 bridgehead atoms. The molecular formula is C29H30N4O. The molecule has 0 spiro atoms. The van der Waals surface area contributed by atoms with Crippen molar-refractivity contribution in [3.63, 3.8) is 0 Å². The third kappa shape index (κ3) is 7.17. The van der Waals surface area contributed by atoms with Gasteiger partial charge in [-0.2, -0.15) is 0 Å². The van der Waals surface area contributed by atoms with Crippen molar-refractivity contribution in [1.82, 2.24) is 20.6 Å². The summed E-state index contributed by atoms with van der Waals surface area (Å²) >= 11 is 0. The molecule has 2 heterocycles. The fourth-order valence-corrected chi connectivity index (χ4v) is 3.77. The van der Waals surface area contributed by atoms with Crippen LogP contribution in [0.2, 0.25) is 0 Å². The minimum absolute atomic E-state index is 0.00166. The van der Waals surface area contributed by atoms with Crippen LogP contribution in [0.25, 0.3) is 0 Å². The molecule has 0 saturated carbocycles. The zero-order valence-corrected chi connectivity index (χ0v) is 19.3. The van der Waals surface area contributed by atoms with Gasteiger partial charge in [-0.1, -0.05) is 60.7 Å². The molecule has 5 nitrogen and oxygen atoms in total. The lowest BCUT2D eigenvalue weighted by Crippen LogP contribution is -2.17. The van der Waals surface area contributed by atoms with Crippen molar-refractivity contribution in [2.45, 2.75) is 25.9 Å². The van der Waals surface area contributed by atoms with E-state index < -0.39 is 0 Å². The summed E-state index contributed by atoms with van der Waals surface area (Å²) in [7, 11) is 0. The molecule has 0 radical (unpaired) electrons. The molecule has 0 aliphatic rings. The van der Waals surface area contributed by atoms with E-state index in [1.54, 1.807) is 24.5 Å². The number of nitrogens with zero attached hydrogens (tertiary/aromatic N) is 2. The molecule has 0 saturated heterocycles. The summed E-state index contributed by atoms with van der Waals surface area (Å²) in [5.74, 6) is 0.00166. The molecule has 2 N–H and O–H groups in total. The average Bonchev–Trinajstić information content (AvgIpc) is 2.90. The van der Waals surface area contributed by atoms with Crippen LogP contribution in [0.3, 0.4) is 0 Å². The van der Waals surface area contributed by atoms with E-state index in [0.717, 1.165) is 50.4 Å². The molecule has 172 valence electrons. The van der Waals surface area contributed by atoms with E-state index in [9.17, 15) is 4.79 Å². The van der Waals surface area contributed by atoms with E-state index in [-0.39, 0.29) is 5.78 Å². The van der Waals surface area contributed by atoms with Crippen molar-refractivity contribution in [3.8, 4) is 0 Å². The summed E-state index contributed by atoms with van der Waals surface area (Å²) in [6, 6.07) is 28.0. The Kier molecular flexibility index (Phi) is 8.66. The lowest BCUT2D eigenvalue weighted by Gasteiger charge is -2.08. The molecule has 2 aromatic heterocycles. The zero-order valence-electron chi connectivity index (χ0n) is 19.3. The lowest BCUT2D eigenvalue weighted by molar-refractivity contribution is 0.103. The van der Waals surface area contributed by atoms with Crippen molar-refractivity contribution in [3.05, 3.63) is 131 Å². The van der Waals surface area contributed by atoms with Gasteiger partial charge < -0.3 is 10.6 Å². The first-order valence-corrected chi connectivity index (χ1v) is 11.7. The highest BCUT2D eigenvalue weighted by Gasteiger charge is 2.11. The number of ketones is 1. The quantitative estimate of drug-likeness (QED) is 0.248. The molecular weight excluding hydrogens is 420 g/mol. The van der Waals surface area contributed by atoms with E-state index in [4.69, 9.17) is 0 Å². The molecule has 4 rings (SSSR count). The number of benzene rings is 2. The maximum absolute atomic E-state index is 13.1. The first kappa shape index (κ1) is 23.5. The van der Waals surface area contributed by atoms with E-state index in [0.29, 0.717) is 11.1 Å². The highest BCUT2D eigenvalue weighted by Crippen LogP contribution is 2.12. The Balaban J connectivity index is 1.28. The monoisotopic (exact) mass is 450 g/mol. The number of carbonyl (C=O) groups is 1. The molecule has 34 heavy (non-hydrogen) atoms. The summed E-state index contributed by atoms with van der Waals surface area (Å²) in [6.07, 6.45) is 4.97. The van der Waals surface area contributed by atoms with Crippen LogP contribution in [0.4, 0.5) is 0 Å².